The number of hydrogen-bond donors (Lipinski definition) is 1. The first kappa shape index (κ1) is 15.4. The first-order chi connectivity index (χ1) is 9.69. The Kier molecular flexibility index (Phi) is 3.99. The Hall–Kier alpha value is -1.96. The van der Waals surface area contributed by atoms with Crippen LogP contribution >= 0.6 is 15.9 Å². The molecule has 0 atom stereocenters. The van der Waals surface area contributed by atoms with Gasteiger partial charge in [0, 0.05) is 26.1 Å². The predicted octanol–water partition coefficient (Wildman–Crippen LogP) is 2.86. The van der Waals surface area contributed by atoms with Gasteiger partial charge in [-0.15, -0.1) is 0 Å². The van der Waals surface area contributed by atoms with Gasteiger partial charge >= 0.3 is 11.9 Å². The molecule has 0 aromatic heterocycles. The first-order valence-corrected chi connectivity index (χ1v) is 6.57. The molecule has 1 aliphatic heterocycles. The van der Waals surface area contributed by atoms with Gasteiger partial charge in [0.2, 0.25) is 0 Å². The van der Waals surface area contributed by atoms with Crippen molar-refractivity contribution in [3.63, 3.8) is 0 Å². The van der Waals surface area contributed by atoms with Gasteiger partial charge in [0.05, 0.1) is 10.2 Å². The molecule has 0 saturated carbocycles. The van der Waals surface area contributed by atoms with Crippen molar-refractivity contribution < 1.29 is 27.8 Å². The minimum absolute atomic E-state index is 0.0275. The third-order valence-corrected chi connectivity index (χ3v) is 3.11. The highest BCUT2D eigenvalue weighted by Crippen LogP contribution is 2.25. The fourth-order valence-electron chi connectivity index (χ4n) is 1.56. The maximum absolute atomic E-state index is 13.5. The van der Waals surface area contributed by atoms with E-state index in [1.165, 1.54) is 13.8 Å². The summed E-state index contributed by atoms with van der Waals surface area (Å²) >= 11 is 2.90. The molecule has 1 aromatic carbocycles. The van der Waals surface area contributed by atoms with E-state index in [4.69, 9.17) is 9.47 Å². The van der Waals surface area contributed by atoms with Crippen LogP contribution in [0.2, 0.25) is 0 Å². The van der Waals surface area contributed by atoms with E-state index < -0.39 is 34.9 Å². The Labute approximate surface area is 127 Å². The van der Waals surface area contributed by atoms with Crippen LogP contribution in [0.5, 0.6) is 0 Å². The number of rotatable bonds is 2. The van der Waals surface area contributed by atoms with Crippen molar-refractivity contribution in [1.82, 2.24) is 0 Å². The molecule has 0 bridgehead atoms. The summed E-state index contributed by atoms with van der Waals surface area (Å²) in [5.74, 6) is -4.81. The Morgan fingerprint density at radius 2 is 1.71 bits per heavy atom. The van der Waals surface area contributed by atoms with E-state index in [0.29, 0.717) is 6.07 Å². The van der Waals surface area contributed by atoms with E-state index in [2.05, 4.69) is 21.2 Å². The number of esters is 2. The van der Waals surface area contributed by atoms with Gasteiger partial charge in [-0.2, -0.15) is 0 Å². The lowest BCUT2D eigenvalue weighted by atomic mass is 10.2. The number of anilines is 1. The summed E-state index contributed by atoms with van der Waals surface area (Å²) in [6, 6.07) is 1.79. The quantitative estimate of drug-likeness (QED) is 0.379. The monoisotopic (exact) mass is 361 g/mol. The summed E-state index contributed by atoms with van der Waals surface area (Å²) in [6.07, 6.45) is 0.947. The molecule has 21 heavy (non-hydrogen) atoms. The van der Waals surface area contributed by atoms with E-state index in [-0.39, 0.29) is 10.2 Å². The van der Waals surface area contributed by atoms with Crippen LogP contribution in [-0.2, 0) is 19.1 Å². The van der Waals surface area contributed by atoms with Crippen LogP contribution in [0.3, 0.4) is 0 Å². The van der Waals surface area contributed by atoms with Crippen molar-refractivity contribution in [3.8, 4) is 0 Å². The number of nitrogens with one attached hydrogen (secondary N) is 1. The number of carbonyl (C=O) groups excluding carboxylic acids is 2. The van der Waals surface area contributed by atoms with Crippen molar-refractivity contribution >= 4 is 33.6 Å². The van der Waals surface area contributed by atoms with E-state index in [1.807, 2.05) is 0 Å². The topological polar surface area (TPSA) is 64.6 Å². The van der Waals surface area contributed by atoms with Crippen LogP contribution in [0.1, 0.15) is 13.8 Å². The van der Waals surface area contributed by atoms with Crippen LogP contribution in [0.25, 0.3) is 0 Å². The molecule has 1 aliphatic rings. The lowest BCUT2D eigenvalue weighted by Gasteiger charge is -2.29. The Balaban J connectivity index is 2.24. The molecule has 0 aliphatic carbocycles. The fourth-order valence-corrected chi connectivity index (χ4v) is 1.90. The minimum Gasteiger partial charge on any atom is -0.419 e. The number of halogens is 3. The minimum atomic E-state index is -1.35. The van der Waals surface area contributed by atoms with E-state index >= 15 is 0 Å². The zero-order chi connectivity index (χ0) is 15.8. The molecule has 0 amide bonds. The van der Waals surface area contributed by atoms with Crippen molar-refractivity contribution in [2.24, 2.45) is 0 Å². The van der Waals surface area contributed by atoms with Gasteiger partial charge < -0.3 is 14.8 Å². The van der Waals surface area contributed by atoms with Crippen LogP contribution in [-0.4, -0.2) is 17.7 Å². The van der Waals surface area contributed by atoms with Crippen LogP contribution in [0.15, 0.2) is 28.4 Å². The van der Waals surface area contributed by atoms with Gasteiger partial charge in [0.25, 0.3) is 5.79 Å². The Bertz CT molecular complexity index is 636. The molecular weight excluding hydrogens is 352 g/mol. The number of carbonyl (C=O) groups is 2. The number of cyclic esters (lactones) is 2. The number of benzene rings is 1. The van der Waals surface area contributed by atoms with Crippen molar-refractivity contribution in [1.29, 1.82) is 0 Å². The molecular formula is C13H10BrF2NO4. The second kappa shape index (κ2) is 5.44. The first-order valence-electron chi connectivity index (χ1n) is 5.77. The Morgan fingerprint density at radius 1 is 1.14 bits per heavy atom. The van der Waals surface area contributed by atoms with E-state index in [0.717, 1.165) is 12.3 Å². The van der Waals surface area contributed by atoms with E-state index in [1.54, 1.807) is 0 Å². The van der Waals surface area contributed by atoms with Gasteiger partial charge in [-0.3, -0.25) is 0 Å². The van der Waals surface area contributed by atoms with Crippen LogP contribution in [0, 0.1) is 11.6 Å². The summed E-state index contributed by atoms with van der Waals surface area (Å²) < 4.78 is 36.4. The molecule has 0 radical (unpaired) electrons. The maximum atomic E-state index is 13.5. The number of ether oxygens (including phenoxy) is 2. The molecule has 5 nitrogen and oxygen atoms in total. The average Bonchev–Trinajstić information content (AvgIpc) is 2.32. The zero-order valence-corrected chi connectivity index (χ0v) is 12.6. The lowest BCUT2D eigenvalue weighted by molar-refractivity contribution is -0.222. The fraction of sp³-hybridized carbons (Fsp3) is 0.231. The third-order valence-electron chi connectivity index (χ3n) is 2.50. The third kappa shape index (κ3) is 3.38. The van der Waals surface area contributed by atoms with E-state index in [9.17, 15) is 18.4 Å². The standard InChI is InChI=1S/C13H10BrF2NO4/c1-13(2)20-11(18)6(12(19)21-13)5-17-10-3-7(14)8(15)4-9(10)16/h3-5,17H,1-2H3. The van der Waals surface area contributed by atoms with Crippen LogP contribution < -0.4 is 5.32 Å². The highest BCUT2D eigenvalue weighted by Gasteiger charge is 2.38. The molecule has 1 heterocycles. The van der Waals surface area contributed by atoms with Crippen LogP contribution in [0.4, 0.5) is 14.5 Å². The molecule has 1 N–H and O–H groups in total. The molecule has 0 unspecified atom stereocenters. The normalized spacial score (nSPS) is 17.1. The molecule has 1 aromatic rings. The SMILES string of the molecule is CC1(C)OC(=O)C(=CNc2cc(Br)c(F)cc2F)C(=O)O1. The lowest BCUT2D eigenvalue weighted by Crippen LogP contribution is -2.42. The zero-order valence-electron chi connectivity index (χ0n) is 11.0. The molecule has 1 saturated heterocycles. The highest BCUT2D eigenvalue weighted by atomic mass is 79.9. The van der Waals surface area contributed by atoms with Gasteiger partial charge in [0.1, 0.15) is 11.6 Å². The molecule has 112 valence electrons. The second-order valence-electron chi connectivity index (χ2n) is 4.63. The molecule has 1 fully saturated rings. The molecule has 8 heteroatoms. The summed E-state index contributed by atoms with van der Waals surface area (Å²) in [6.45, 7) is 2.81. The molecule has 2 rings (SSSR count). The largest absolute Gasteiger partial charge is 0.419 e. The number of hydrogen-bond acceptors (Lipinski definition) is 5. The average molecular weight is 362 g/mol. The van der Waals surface area contributed by atoms with Gasteiger partial charge in [-0.25, -0.2) is 18.4 Å². The summed E-state index contributed by atoms with van der Waals surface area (Å²) in [5, 5.41) is 2.40. The summed E-state index contributed by atoms with van der Waals surface area (Å²) in [4.78, 5) is 23.3. The van der Waals surface area contributed by atoms with Crippen molar-refractivity contribution in [2.75, 3.05) is 5.32 Å². The second-order valence-corrected chi connectivity index (χ2v) is 5.48. The smallest absolute Gasteiger partial charge is 0.350 e. The van der Waals surface area contributed by atoms with Gasteiger partial charge in [0.15, 0.2) is 5.57 Å². The van der Waals surface area contributed by atoms with Crippen molar-refractivity contribution in [2.45, 2.75) is 19.6 Å². The summed E-state index contributed by atoms with van der Waals surface area (Å²) in [5.41, 5.74) is -0.546. The predicted molar refractivity (Wildman–Crippen MR) is 72.0 cm³/mol. The highest BCUT2D eigenvalue weighted by molar-refractivity contribution is 9.10. The molecule has 0 spiro atoms. The van der Waals surface area contributed by atoms with Gasteiger partial charge in [-0.05, 0) is 22.0 Å². The van der Waals surface area contributed by atoms with Gasteiger partial charge in [-0.1, -0.05) is 0 Å². The Morgan fingerprint density at radius 3 is 2.29 bits per heavy atom. The summed E-state index contributed by atoms with van der Waals surface area (Å²) in [7, 11) is 0. The van der Waals surface area contributed by atoms with Crippen molar-refractivity contribution in [3.05, 3.63) is 40.0 Å². The maximum Gasteiger partial charge on any atom is 0.350 e.